The van der Waals surface area contributed by atoms with Crippen LogP contribution in [0.25, 0.3) is 0 Å². The molecular formula is C17H24N4O3. The normalized spacial score (nSPS) is 14.8. The lowest BCUT2D eigenvalue weighted by Gasteiger charge is -2.17. The third-order valence-corrected chi connectivity index (χ3v) is 3.90. The molecule has 7 nitrogen and oxygen atoms in total. The average molecular weight is 332 g/mol. The highest BCUT2D eigenvalue weighted by molar-refractivity contribution is 6.13. The Morgan fingerprint density at radius 3 is 2.25 bits per heavy atom. The summed E-state index contributed by atoms with van der Waals surface area (Å²) in [5, 5.41) is 8.26. The van der Waals surface area contributed by atoms with Crippen molar-refractivity contribution in [1.29, 1.82) is 0 Å². The van der Waals surface area contributed by atoms with Gasteiger partial charge in [-0.15, -0.1) is 0 Å². The Morgan fingerprint density at radius 1 is 1.08 bits per heavy atom. The van der Waals surface area contributed by atoms with Gasteiger partial charge in [-0.2, -0.15) is 0 Å². The summed E-state index contributed by atoms with van der Waals surface area (Å²) in [4.78, 5) is 37.9. The zero-order valence-corrected chi connectivity index (χ0v) is 14.3. The molecule has 0 aliphatic heterocycles. The average Bonchev–Trinajstić information content (AvgIpc) is 3.28. The fourth-order valence-electron chi connectivity index (χ4n) is 2.37. The van der Waals surface area contributed by atoms with Gasteiger partial charge in [0.15, 0.2) is 0 Å². The second kappa shape index (κ2) is 7.44. The van der Waals surface area contributed by atoms with Gasteiger partial charge in [-0.25, -0.2) is 0 Å². The number of hydrogen-bond acceptors (Lipinski definition) is 4. The highest BCUT2D eigenvalue weighted by Crippen LogP contribution is 2.46. The first-order chi connectivity index (χ1) is 11.3. The van der Waals surface area contributed by atoms with E-state index in [2.05, 4.69) is 16.0 Å². The van der Waals surface area contributed by atoms with Crippen LogP contribution in [0.15, 0.2) is 24.3 Å². The van der Waals surface area contributed by atoms with Gasteiger partial charge in [0, 0.05) is 31.4 Å². The van der Waals surface area contributed by atoms with Gasteiger partial charge in [-0.1, -0.05) is 6.07 Å². The van der Waals surface area contributed by atoms with Crippen LogP contribution in [0.3, 0.4) is 0 Å². The molecule has 1 saturated carbocycles. The smallest absolute Gasteiger partial charge is 0.240 e. The molecule has 0 radical (unpaired) electrons. The van der Waals surface area contributed by atoms with Crippen LogP contribution in [0.2, 0.25) is 0 Å². The van der Waals surface area contributed by atoms with Gasteiger partial charge in [0.25, 0.3) is 0 Å². The number of carbonyl (C=O) groups excluding carboxylic acids is 3. The maximum Gasteiger partial charge on any atom is 0.240 e. The van der Waals surface area contributed by atoms with E-state index in [9.17, 15) is 14.4 Å². The summed E-state index contributed by atoms with van der Waals surface area (Å²) in [5.41, 5.74) is 0.190. The van der Waals surface area contributed by atoms with E-state index in [-0.39, 0.29) is 17.7 Å². The Hall–Kier alpha value is -2.41. The minimum absolute atomic E-state index is 0.183. The lowest BCUT2D eigenvalue weighted by atomic mass is 10.0. The minimum Gasteiger partial charge on any atom is -0.354 e. The predicted molar refractivity (Wildman–Crippen MR) is 92.6 cm³/mol. The van der Waals surface area contributed by atoms with Gasteiger partial charge >= 0.3 is 0 Å². The van der Waals surface area contributed by atoms with E-state index in [1.807, 2.05) is 19.0 Å². The number of nitrogens with one attached hydrogen (secondary N) is 3. The van der Waals surface area contributed by atoms with Crippen molar-refractivity contribution in [3.8, 4) is 0 Å². The largest absolute Gasteiger partial charge is 0.354 e. The van der Waals surface area contributed by atoms with Crippen LogP contribution >= 0.6 is 0 Å². The Morgan fingerprint density at radius 2 is 1.71 bits per heavy atom. The molecule has 7 heteroatoms. The first kappa shape index (κ1) is 17.9. The zero-order valence-electron chi connectivity index (χ0n) is 14.3. The minimum atomic E-state index is -0.962. The summed E-state index contributed by atoms with van der Waals surface area (Å²) >= 11 is 0. The first-order valence-corrected chi connectivity index (χ1v) is 7.96. The molecule has 0 atom stereocenters. The van der Waals surface area contributed by atoms with Crippen molar-refractivity contribution >= 4 is 29.1 Å². The van der Waals surface area contributed by atoms with Gasteiger partial charge in [0.1, 0.15) is 5.41 Å². The van der Waals surface area contributed by atoms with Crippen molar-refractivity contribution < 1.29 is 14.4 Å². The lowest BCUT2D eigenvalue weighted by Crippen LogP contribution is -2.42. The fourth-order valence-corrected chi connectivity index (χ4v) is 2.37. The summed E-state index contributed by atoms with van der Waals surface area (Å²) in [6, 6.07) is 6.86. The van der Waals surface area contributed by atoms with Crippen molar-refractivity contribution in [2.75, 3.05) is 37.8 Å². The quantitative estimate of drug-likeness (QED) is 0.651. The summed E-state index contributed by atoms with van der Waals surface area (Å²) in [6.07, 6.45) is 1.11. The summed E-state index contributed by atoms with van der Waals surface area (Å²) in [5.74, 6) is -0.706. The molecule has 130 valence electrons. The maximum atomic E-state index is 12.5. The molecule has 0 spiro atoms. The van der Waals surface area contributed by atoms with Gasteiger partial charge in [0.2, 0.25) is 17.7 Å². The number of amides is 3. The molecule has 0 saturated heterocycles. The molecule has 0 bridgehead atoms. The molecule has 1 aliphatic rings. The van der Waals surface area contributed by atoms with Crippen LogP contribution < -0.4 is 16.0 Å². The highest BCUT2D eigenvalue weighted by Gasteiger charge is 2.56. The van der Waals surface area contributed by atoms with E-state index < -0.39 is 5.41 Å². The molecule has 1 aliphatic carbocycles. The third kappa shape index (κ3) is 4.55. The fraction of sp³-hybridized carbons (Fsp3) is 0.471. The van der Waals surface area contributed by atoms with E-state index in [0.717, 1.165) is 6.54 Å². The third-order valence-electron chi connectivity index (χ3n) is 3.90. The first-order valence-electron chi connectivity index (χ1n) is 7.96. The number of likely N-dealkylation sites (N-methyl/N-ethyl adjacent to an activating group) is 1. The molecular weight excluding hydrogens is 308 g/mol. The van der Waals surface area contributed by atoms with Crippen molar-refractivity contribution in [1.82, 2.24) is 10.2 Å². The maximum absolute atomic E-state index is 12.5. The summed E-state index contributed by atoms with van der Waals surface area (Å²) in [7, 11) is 3.85. The monoisotopic (exact) mass is 332 g/mol. The van der Waals surface area contributed by atoms with Crippen molar-refractivity contribution in [2.24, 2.45) is 5.41 Å². The van der Waals surface area contributed by atoms with Crippen LogP contribution in [0.1, 0.15) is 19.8 Å². The van der Waals surface area contributed by atoms with Crippen LogP contribution in [0.5, 0.6) is 0 Å². The number of anilines is 2. The zero-order chi connectivity index (χ0) is 17.7. The Kier molecular flexibility index (Phi) is 5.56. The van der Waals surface area contributed by atoms with Crippen LogP contribution in [0.4, 0.5) is 11.4 Å². The number of carbonyl (C=O) groups is 3. The Balaban J connectivity index is 1.96. The molecule has 1 aromatic rings. The SMILES string of the molecule is CC(=O)Nc1cccc(NC(=O)C2(C(=O)NCCN(C)C)CC2)c1. The van der Waals surface area contributed by atoms with E-state index in [0.29, 0.717) is 30.8 Å². The molecule has 1 aromatic carbocycles. The van der Waals surface area contributed by atoms with Gasteiger partial charge in [0.05, 0.1) is 0 Å². The van der Waals surface area contributed by atoms with Crippen molar-refractivity contribution in [3.63, 3.8) is 0 Å². The number of nitrogens with zero attached hydrogens (tertiary/aromatic N) is 1. The summed E-state index contributed by atoms with van der Waals surface area (Å²) < 4.78 is 0. The van der Waals surface area contributed by atoms with E-state index in [1.54, 1.807) is 24.3 Å². The second-order valence-electron chi connectivity index (χ2n) is 6.36. The van der Waals surface area contributed by atoms with Crippen molar-refractivity contribution in [2.45, 2.75) is 19.8 Å². The molecule has 24 heavy (non-hydrogen) atoms. The van der Waals surface area contributed by atoms with Crippen LogP contribution in [0, 0.1) is 5.41 Å². The van der Waals surface area contributed by atoms with Gasteiger partial charge in [-0.05, 0) is 45.1 Å². The molecule has 0 aromatic heterocycles. The highest BCUT2D eigenvalue weighted by atomic mass is 16.2. The molecule has 3 amide bonds. The van der Waals surface area contributed by atoms with E-state index >= 15 is 0 Å². The summed E-state index contributed by atoms with van der Waals surface area (Å²) in [6.45, 7) is 2.66. The predicted octanol–water partition coefficient (Wildman–Crippen LogP) is 1.04. The van der Waals surface area contributed by atoms with E-state index in [1.165, 1.54) is 6.92 Å². The van der Waals surface area contributed by atoms with Gasteiger partial charge in [-0.3, -0.25) is 14.4 Å². The van der Waals surface area contributed by atoms with Crippen molar-refractivity contribution in [3.05, 3.63) is 24.3 Å². The Labute approximate surface area is 141 Å². The topological polar surface area (TPSA) is 90.5 Å². The standard InChI is InChI=1S/C17H24N4O3/c1-12(22)19-13-5-4-6-14(11-13)20-16(24)17(7-8-17)15(23)18-9-10-21(2)3/h4-6,11H,7-10H2,1-3H3,(H,18,23)(H,19,22)(H,20,24). The molecule has 0 unspecified atom stereocenters. The number of benzene rings is 1. The van der Waals surface area contributed by atoms with Crippen LogP contribution in [-0.2, 0) is 14.4 Å². The molecule has 1 fully saturated rings. The molecule has 2 rings (SSSR count). The molecule has 0 heterocycles. The number of hydrogen-bond donors (Lipinski definition) is 3. The Bertz CT molecular complexity index is 638. The number of rotatable bonds is 7. The van der Waals surface area contributed by atoms with E-state index in [4.69, 9.17) is 0 Å². The van der Waals surface area contributed by atoms with Gasteiger partial charge < -0.3 is 20.9 Å². The second-order valence-corrected chi connectivity index (χ2v) is 6.36. The van der Waals surface area contributed by atoms with Crippen LogP contribution in [-0.4, -0.2) is 49.8 Å². The molecule has 3 N–H and O–H groups in total. The lowest BCUT2D eigenvalue weighted by molar-refractivity contribution is -0.134.